The molecule has 1 N–H and O–H groups in total. The molecule has 0 atom stereocenters. The highest BCUT2D eigenvalue weighted by molar-refractivity contribution is 9.11. The van der Waals surface area contributed by atoms with Gasteiger partial charge in [-0.15, -0.1) is 11.3 Å². The number of nitrogens with one attached hydrogen (secondary N) is 1. The molecule has 1 heterocycles. The molecule has 0 aliphatic carbocycles. The molecule has 0 unspecified atom stereocenters. The molecule has 1 aromatic heterocycles. The van der Waals surface area contributed by atoms with E-state index in [0.29, 0.717) is 5.56 Å². The third kappa shape index (κ3) is 3.14. The fourth-order valence-corrected chi connectivity index (χ4v) is 2.51. The van der Waals surface area contributed by atoms with Gasteiger partial charge in [-0.25, -0.2) is 8.78 Å². The van der Waals surface area contributed by atoms with Gasteiger partial charge in [-0.2, -0.15) is 0 Å². The van der Waals surface area contributed by atoms with Crippen molar-refractivity contribution >= 4 is 33.2 Å². The lowest BCUT2D eigenvalue weighted by Gasteiger charge is -2.05. The Morgan fingerprint density at radius 1 is 1.33 bits per heavy atom. The fourth-order valence-electron chi connectivity index (χ4n) is 1.37. The summed E-state index contributed by atoms with van der Waals surface area (Å²) in [6, 6.07) is 4.95. The van der Waals surface area contributed by atoms with Crippen LogP contribution in [0, 0.1) is 11.6 Å². The van der Waals surface area contributed by atoms with Crippen LogP contribution in [0.1, 0.15) is 15.9 Å². The molecule has 0 bridgehead atoms. The summed E-state index contributed by atoms with van der Waals surface area (Å²) < 4.78 is 26.8. The van der Waals surface area contributed by atoms with Crippen LogP contribution >= 0.6 is 27.3 Å². The Bertz CT molecular complexity index is 585. The lowest BCUT2D eigenvalue weighted by atomic mass is 10.2. The molecule has 6 heteroatoms. The Morgan fingerprint density at radius 3 is 2.72 bits per heavy atom. The highest BCUT2D eigenvalue weighted by Gasteiger charge is 2.09. The minimum atomic E-state index is -0.665. The first-order valence-electron chi connectivity index (χ1n) is 5.02. The largest absolute Gasteiger partial charge is 0.348 e. The Kier molecular flexibility index (Phi) is 4.08. The molecule has 94 valence electrons. The van der Waals surface area contributed by atoms with Crippen LogP contribution in [0.3, 0.4) is 0 Å². The van der Waals surface area contributed by atoms with E-state index in [2.05, 4.69) is 21.2 Å². The minimum Gasteiger partial charge on any atom is -0.348 e. The maximum absolute atomic E-state index is 13.3. The van der Waals surface area contributed by atoms with Gasteiger partial charge in [-0.1, -0.05) is 6.07 Å². The van der Waals surface area contributed by atoms with Gasteiger partial charge in [0.1, 0.15) is 11.6 Å². The average Bonchev–Trinajstić information content (AvgIpc) is 2.74. The summed E-state index contributed by atoms with van der Waals surface area (Å²) in [5.41, 5.74) is 0.758. The Hall–Kier alpha value is -1.27. The van der Waals surface area contributed by atoms with Gasteiger partial charge in [0.15, 0.2) is 0 Å². The Morgan fingerprint density at radius 2 is 2.11 bits per heavy atom. The van der Waals surface area contributed by atoms with Crippen LogP contribution < -0.4 is 5.32 Å². The predicted molar refractivity (Wildman–Crippen MR) is 69.5 cm³/mol. The quantitative estimate of drug-likeness (QED) is 0.912. The van der Waals surface area contributed by atoms with Crippen LogP contribution in [0.15, 0.2) is 33.4 Å². The number of amides is 1. The lowest BCUT2D eigenvalue weighted by Crippen LogP contribution is -2.22. The highest BCUT2D eigenvalue weighted by Crippen LogP contribution is 2.20. The zero-order valence-electron chi connectivity index (χ0n) is 9.04. The number of rotatable bonds is 3. The normalized spacial score (nSPS) is 10.4. The van der Waals surface area contributed by atoms with E-state index in [9.17, 15) is 13.6 Å². The predicted octanol–water partition coefficient (Wildman–Crippen LogP) is 3.72. The summed E-state index contributed by atoms with van der Waals surface area (Å²) in [6.45, 7) is 0.0262. The van der Waals surface area contributed by atoms with E-state index in [0.717, 1.165) is 15.9 Å². The smallest absolute Gasteiger partial charge is 0.252 e. The Balaban J connectivity index is 2.01. The summed E-state index contributed by atoms with van der Waals surface area (Å²) in [5, 5.41) is 4.27. The van der Waals surface area contributed by atoms with Crippen molar-refractivity contribution in [3.8, 4) is 0 Å². The number of carbonyl (C=O) groups excluding carboxylic acids is 1. The van der Waals surface area contributed by atoms with Crippen molar-refractivity contribution in [1.29, 1.82) is 0 Å². The van der Waals surface area contributed by atoms with Crippen LogP contribution in [-0.2, 0) is 6.54 Å². The number of benzene rings is 1. The molecule has 0 saturated heterocycles. The molecule has 0 radical (unpaired) electrons. The molecular weight excluding hydrogens is 324 g/mol. The van der Waals surface area contributed by atoms with Gasteiger partial charge in [0.25, 0.3) is 5.91 Å². The molecular formula is C12H8BrF2NOS. The SMILES string of the molecule is O=C(NCc1ccc(F)cc1F)c1csc(Br)c1. The summed E-state index contributed by atoms with van der Waals surface area (Å²) in [7, 11) is 0. The van der Waals surface area contributed by atoms with Gasteiger partial charge in [0.2, 0.25) is 0 Å². The van der Waals surface area contributed by atoms with Crippen molar-refractivity contribution in [2.45, 2.75) is 6.54 Å². The first kappa shape index (κ1) is 13.2. The summed E-state index contributed by atoms with van der Waals surface area (Å²) >= 11 is 4.64. The van der Waals surface area contributed by atoms with Crippen LogP contribution in [0.5, 0.6) is 0 Å². The van der Waals surface area contributed by atoms with E-state index in [-0.39, 0.29) is 18.0 Å². The number of hydrogen-bond donors (Lipinski definition) is 1. The molecule has 2 nitrogen and oxygen atoms in total. The summed E-state index contributed by atoms with van der Waals surface area (Å²) in [4.78, 5) is 11.7. The first-order chi connectivity index (χ1) is 8.56. The number of thiophene rings is 1. The van der Waals surface area contributed by atoms with E-state index in [1.165, 1.54) is 17.4 Å². The summed E-state index contributed by atoms with van der Waals surface area (Å²) in [5.74, 6) is -1.59. The topological polar surface area (TPSA) is 29.1 Å². The van der Waals surface area contributed by atoms with E-state index in [1.54, 1.807) is 11.4 Å². The lowest BCUT2D eigenvalue weighted by molar-refractivity contribution is 0.0951. The number of halogens is 3. The molecule has 2 rings (SSSR count). The van der Waals surface area contributed by atoms with Crippen LogP contribution in [0.2, 0.25) is 0 Å². The second-order valence-electron chi connectivity index (χ2n) is 3.56. The fraction of sp³-hybridized carbons (Fsp3) is 0.0833. The molecule has 1 aromatic carbocycles. The maximum atomic E-state index is 13.3. The number of hydrogen-bond acceptors (Lipinski definition) is 2. The second-order valence-corrected chi connectivity index (χ2v) is 5.85. The highest BCUT2D eigenvalue weighted by atomic mass is 79.9. The first-order valence-corrected chi connectivity index (χ1v) is 6.69. The van der Waals surface area contributed by atoms with Gasteiger partial charge >= 0.3 is 0 Å². The third-order valence-corrected chi connectivity index (χ3v) is 3.79. The molecule has 1 amide bonds. The standard InChI is InChI=1S/C12H8BrF2NOS/c13-11-3-8(6-18-11)12(17)16-5-7-1-2-9(14)4-10(7)15/h1-4,6H,5H2,(H,16,17). The number of carbonyl (C=O) groups is 1. The van der Waals surface area contributed by atoms with Crippen LogP contribution in [-0.4, -0.2) is 5.91 Å². The van der Waals surface area contributed by atoms with E-state index in [4.69, 9.17) is 0 Å². The minimum absolute atomic E-state index is 0.0262. The van der Waals surface area contributed by atoms with Crippen molar-refractivity contribution in [2.24, 2.45) is 0 Å². The maximum Gasteiger partial charge on any atom is 0.252 e. The monoisotopic (exact) mass is 331 g/mol. The second kappa shape index (κ2) is 5.58. The zero-order chi connectivity index (χ0) is 13.1. The van der Waals surface area contributed by atoms with Crippen molar-refractivity contribution in [2.75, 3.05) is 0 Å². The molecule has 0 saturated carbocycles. The third-order valence-electron chi connectivity index (χ3n) is 2.28. The van der Waals surface area contributed by atoms with Crippen molar-refractivity contribution in [3.05, 3.63) is 56.2 Å². The van der Waals surface area contributed by atoms with E-state index < -0.39 is 11.6 Å². The summed E-state index contributed by atoms with van der Waals surface area (Å²) in [6.07, 6.45) is 0. The van der Waals surface area contributed by atoms with Crippen molar-refractivity contribution < 1.29 is 13.6 Å². The van der Waals surface area contributed by atoms with E-state index >= 15 is 0 Å². The van der Waals surface area contributed by atoms with Crippen LogP contribution in [0.25, 0.3) is 0 Å². The van der Waals surface area contributed by atoms with Gasteiger partial charge in [-0.05, 0) is 28.1 Å². The van der Waals surface area contributed by atoms with Crippen molar-refractivity contribution in [3.63, 3.8) is 0 Å². The molecule has 0 aliphatic heterocycles. The molecule has 0 aliphatic rings. The molecule has 0 fully saturated rings. The van der Waals surface area contributed by atoms with E-state index in [1.807, 2.05) is 0 Å². The van der Waals surface area contributed by atoms with Crippen molar-refractivity contribution in [1.82, 2.24) is 5.32 Å². The van der Waals surface area contributed by atoms with Gasteiger partial charge in [-0.3, -0.25) is 4.79 Å². The Labute approximate surface area is 115 Å². The average molecular weight is 332 g/mol. The van der Waals surface area contributed by atoms with Crippen LogP contribution in [0.4, 0.5) is 8.78 Å². The zero-order valence-corrected chi connectivity index (χ0v) is 11.4. The van der Waals surface area contributed by atoms with Gasteiger partial charge < -0.3 is 5.32 Å². The molecule has 18 heavy (non-hydrogen) atoms. The molecule has 0 spiro atoms. The van der Waals surface area contributed by atoms with Gasteiger partial charge in [0, 0.05) is 23.6 Å². The molecule has 2 aromatic rings. The van der Waals surface area contributed by atoms with Gasteiger partial charge in [0.05, 0.1) is 9.35 Å².